The van der Waals surface area contributed by atoms with Crippen molar-refractivity contribution < 1.29 is 14.3 Å². The van der Waals surface area contributed by atoms with Gasteiger partial charge in [-0.15, -0.1) is 0 Å². The zero-order chi connectivity index (χ0) is 21.2. The second-order valence-electron chi connectivity index (χ2n) is 6.86. The van der Waals surface area contributed by atoms with Crippen molar-refractivity contribution in [2.45, 2.75) is 19.8 Å². The summed E-state index contributed by atoms with van der Waals surface area (Å²) in [7, 11) is 0. The molecule has 0 unspecified atom stereocenters. The van der Waals surface area contributed by atoms with Crippen molar-refractivity contribution in [3.8, 4) is 5.75 Å². The third kappa shape index (κ3) is 5.95. The maximum atomic E-state index is 12.6. The first-order chi connectivity index (χ1) is 14.7. The van der Waals surface area contributed by atoms with Crippen molar-refractivity contribution in [1.82, 2.24) is 5.32 Å². The largest absolute Gasteiger partial charge is 0.493 e. The molecule has 2 N–H and O–H groups in total. The first kappa shape index (κ1) is 21.1. The number of nitrogens with one attached hydrogen (secondary N) is 2. The van der Waals surface area contributed by atoms with E-state index in [1.165, 1.54) is 5.56 Å². The lowest BCUT2D eigenvalue weighted by molar-refractivity contribution is 0.0954. The zero-order valence-electron chi connectivity index (χ0n) is 17.1. The Labute approximate surface area is 177 Å². The predicted octanol–water partition coefficient (Wildman–Crippen LogP) is 4.70. The molecule has 3 rings (SSSR count). The second kappa shape index (κ2) is 10.8. The molecule has 3 aromatic rings. The van der Waals surface area contributed by atoms with Crippen molar-refractivity contribution in [1.29, 1.82) is 0 Å². The molecule has 5 heteroatoms. The van der Waals surface area contributed by atoms with Gasteiger partial charge in [-0.2, -0.15) is 0 Å². The van der Waals surface area contributed by atoms with E-state index in [1.54, 1.807) is 48.5 Å². The fraction of sp³-hybridized carbons (Fsp3) is 0.200. The number of hydrogen-bond acceptors (Lipinski definition) is 3. The summed E-state index contributed by atoms with van der Waals surface area (Å²) in [5, 5.41) is 5.66. The fourth-order valence-corrected chi connectivity index (χ4v) is 2.95. The predicted molar refractivity (Wildman–Crippen MR) is 119 cm³/mol. The van der Waals surface area contributed by atoms with E-state index in [2.05, 4.69) is 22.8 Å². The van der Waals surface area contributed by atoms with Gasteiger partial charge in [0.05, 0.1) is 17.9 Å². The van der Waals surface area contributed by atoms with Crippen molar-refractivity contribution in [2.24, 2.45) is 0 Å². The van der Waals surface area contributed by atoms with Gasteiger partial charge < -0.3 is 15.4 Å². The average Bonchev–Trinajstić information content (AvgIpc) is 2.79. The maximum Gasteiger partial charge on any atom is 0.255 e. The van der Waals surface area contributed by atoms with Crippen LogP contribution in [0.3, 0.4) is 0 Å². The number of para-hydroxylation sites is 1. The van der Waals surface area contributed by atoms with E-state index in [0.29, 0.717) is 35.7 Å². The van der Waals surface area contributed by atoms with Crippen LogP contribution >= 0.6 is 0 Å². The van der Waals surface area contributed by atoms with Gasteiger partial charge in [0, 0.05) is 18.5 Å². The number of carbonyl (C=O) groups excluding carboxylic acids is 2. The molecule has 3 aromatic carbocycles. The summed E-state index contributed by atoms with van der Waals surface area (Å²) in [6.07, 6.45) is 1.67. The summed E-state index contributed by atoms with van der Waals surface area (Å²) >= 11 is 0. The minimum absolute atomic E-state index is 0.199. The fourth-order valence-electron chi connectivity index (χ4n) is 2.95. The molecule has 0 aromatic heterocycles. The Morgan fingerprint density at radius 1 is 0.833 bits per heavy atom. The van der Waals surface area contributed by atoms with Crippen molar-refractivity contribution in [2.75, 3.05) is 18.5 Å². The molecule has 0 saturated carbocycles. The Morgan fingerprint density at radius 2 is 1.53 bits per heavy atom. The molecular formula is C25H26N2O3. The molecule has 0 heterocycles. The SMILES string of the molecule is CCCNC(=O)c1ccccc1NC(=O)c1ccc(OCCc2ccccc2)cc1. The number of carbonyl (C=O) groups is 2. The number of amides is 2. The van der Waals surface area contributed by atoms with E-state index in [4.69, 9.17) is 4.74 Å². The third-order valence-electron chi connectivity index (χ3n) is 4.57. The number of hydrogen-bond donors (Lipinski definition) is 2. The van der Waals surface area contributed by atoms with E-state index in [-0.39, 0.29) is 11.8 Å². The van der Waals surface area contributed by atoms with Crippen LogP contribution in [0.4, 0.5) is 5.69 Å². The molecule has 0 aliphatic carbocycles. The van der Waals surface area contributed by atoms with Crippen LogP contribution in [0.5, 0.6) is 5.75 Å². The lowest BCUT2D eigenvalue weighted by atomic mass is 10.1. The lowest BCUT2D eigenvalue weighted by Gasteiger charge is -2.12. The molecule has 154 valence electrons. The van der Waals surface area contributed by atoms with Crippen LogP contribution in [-0.2, 0) is 6.42 Å². The summed E-state index contributed by atoms with van der Waals surface area (Å²) in [6.45, 7) is 3.14. The standard InChI is InChI=1S/C25H26N2O3/c1-2-17-26-25(29)22-10-6-7-11-23(22)27-24(28)20-12-14-21(15-13-20)30-18-16-19-8-4-3-5-9-19/h3-15H,2,16-18H2,1H3,(H,26,29)(H,27,28). The molecular weight excluding hydrogens is 376 g/mol. The first-order valence-corrected chi connectivity index (χ1v) is 10.1. The van der Waals surface area contributed by atoms with Crippen molar-refractivity contribution >= 4 is 17.5 Å². The molecule has 0 aliphatic heterocycles. The van der Waals surface area contributed by atoms with E-state index in [0.717, 1.165) is 12.8 Å². The average molecular weight is 402 g/mol. The highest BCUT2D eigenvalue weighted by Crippen LogP contribution is 2.18. The van der Waals surface area contributed by atoms with Crippen LogP contribution < -0.4 is 15.4 Å². The molecule has 0 aliphatic rings. The van der Waals surface area contributed by atoms with E-state index < -0.39 is 0 Å². The van der Waals surface area contributed by atoms with Gasteiger partial charge in [-0.1, -0.05) is 49.4 Å². The maximum absolute atomic E-state index is 12.6. The molecule has 0 saturated heterocycles. The quantitative estimate of drug-likeness (QED) is 0.545. The third-order valence-corrected chi connectivity index (χ3v) is 4.57. The van der Waals surface area contributed by atoms with Gasteiger partial charge in [0.15, 0.2) is 0 Å². The highest BCUT2D eigenvalue weighted by molar-refractivity contribution is 6.09. The molecule has 30 heavy (non-hydrogen) atoms. The monoisotopic (exact) mass is 402 g/mol. The summed E-state index contributed by atoms with van der Waals surface area (Å²) in [4.78, 5) is 24.9. The van der Waals surface area contributed by atoms with Gasteiger partial charge >= 0.3 is 0 Å². The van der Waals surface area contributed by atoms with Crippen LogP contribution in [0.25, 0.3) is 0 Å². The Kier molecular flexibility index (Phi) is 7.61. The van der Waals surface area contributed by atoms with Crippen LogP contribution in [0.15, 0.2) is 78.9 Å². The van der Waals surface area contributed by atoms with Crippen molar-refractivity contribution in [3.63, 3.8) is 0 Å². The number of ether oxygens (including phenoxy) is 1. The molecule has 5 nitrogen and oxygen atoms in total. The van der Waals surface area contributed by atoms with E-state index >= 15 is 0 Å². The van der Waals surface area contributed by atoms with Gasteiger partial charge in [-0.3, -0.25) is 9.59 Å². The summed E-state index contributed by atoms with van der Waals surface area (Å²) in [5.74, 6) is 0.235. The second-order valence-corrected chi connectivity index (χ2v) is 6.86. The van der Waals surface area contributed by atoms with Gasteiger partial charge in [0.2, 0.25) is 0 Å². The van der Waals surface area contributed by atoms with Gasteiger partial charge in [0.25, 0.3) is 11.8 Å². The Balaban J connectivity index is 1.58. The Bertz CT molecular complexity index is 969. The van der Waals surface area contributed by atoms with Crippen LogP contribution in [0.2, 0.25) is 0 Å². The first-order valence-electron chi connectivity index (χ1n) is 10.1. The van der Waals surface area contributed by atoms with Crippen molar-refractivity contribution in [3.05, 3.63) is 95.6 Å². The van der Waals surface area contributed by atoms with E-state index in [1.807, 2.05) is 25.1 Å². The van der Waals surface area contributed by atoms with Gasteiger partial charge in [0.1, 0.15) is 5.75 Å². The van der Waals surface area contributed by atoms with E-state index in [9.17, 15) is 9.59 Å². The van der Waals surface area contributed by atoms with Crippen LogP contribution in [0, 0.1) is 0 Å². The molecule has 0 bridgehead atoms. The van der Waals surface area contributed by atoms with Gasteiger partial charge in [-0.25, -0.2) is 0 Å². The molecule has 0 fully saturated rings. The smallest absolute Gasteiger partial charge is 0.255 e. The summed E-state index contributed by atoms with van der Waals surface area (Å²) in [5.41, 5.74) is 2.64. The Morgan fingerprint density at radius 3 is 2.27 bits per heavy atom. The topological polar surface area (TPSA) is 67.4 Å². The number of rotatable bonds is 9. The minimum Gasteiger partial charge on any atom is -0.493 e. The van der Waals surface area contributed by atoms with Crippen LogP contribution in [0.1, 0.15) is 39.6 Å². The highest BCUT2D eigenvalue weighted by Gasteiger charge is 2.13. The Hall–Kier alpha value is -3.60. The zero-order valence-corrected chi connectivity index (χ0v) is 17.1. The number of benzene rings is 3. The molecule has 2 amide bonds. The van der Waals surface area contributed by atoms with Gasteiger partial charge in [-0.05, 0) is 48.4 Å². The highest BCUT2D eigenvalue weighted by atomic mass is 16.5. The molecule has 0 radical (unpaired) electrons. The normalized spacial score (nSPS) is 10.3. The molecule has 0 spiro atoms. The lowest BCUT2D eigenvalue weighted by Crippen LogP contribution is -2.25. The number of anilines is 1. The summed E-state index contributed by atoms with van der Waals surface area (Å²) in [6, 6.07) is 24.1. The summed E-state index contributed by atoms with van der Waals surface area (Å²) < 4.78 is 5.77. The van der Waals surface area contributed by atoms with Crippen LogP contribution in [-0.4, -0.2) is 25.0 Å². The molecule has 0 atom stereocenters. The minimum atomic E-state index is -0.276.